The molecule has 0 saturated carbocycles. The van der Waals surface area contributed by atoms with Crippen molar-refractivity contribution in [2.24, 2.45) is 0 Å². The predicted molar refractivity (Wildman–Crippen MR) is 122 cm³/mol. The Balaban J connectivity index is 1.74. The molecular weight excluding hydrogens is 358 g/mol. The van der Waals surface area contributed by atoms with E-state index in [1.165, 1.54) is 42.5 Å². The molecule has 1 unspecified atom stereocenters. The van der Waals surface area contributed by atoms with Crippen molar-refractivity contribution in [1.82, 2.24) is 4.90 Å². The minimum absolute atomic E-state index is 0.180. The lowest BCUT2D eigenvalue weighted by atomic mass is 9.84. The van der Waals surface area contributed by atoms with Gasteiger partial charge in [-0.15, -0.1) is 11.8 Å². The van der Waals surface area contributed by atoms with E-state index in [0.717, 1.165) is 11.8 Å². The summed E-state index contributed by atoms with van der Waals surface area (Å²) in [6, 6.07) is 33.8. The fourth-order valence-corrected chi connectivity index (χ4v) is 6.06. The number of hydrogen-bond acceptors (Lipinski definition) is 2. The van der Waals surface area contributed by atoms with Gasteiger partial charge in [0.25, 0.3) is 0 Å². The van der Waals surface area contributed by atoms with Gasteiger partial charge in [0.05, 0.1) is 4.75 Å². The number of thioether (sulfide) groups is 1. The maximum atomic E-state index is 2.54. The molecule has 0 radical (unpaired) electrons. The lowest BCUT2D eigenvalue weighted by molar-refractivity contribution is 0.305. The van der Waals surface area contributed by atoms with E-state index in [0.29, 0.717) is 0 Å². The van der Waals surface area contributed by atoms with Crippen LogP contribution in [0.15, 0.2) is 91.0 Å². The molecule has 0 bridgehead atoms. The molecule has 0 aliphatic carbocycles. The standard InChI is InChI=1S/C26H29NS/c1-27-20-11-18-25(27)19-21-28-26(22-12-5-2-6-13-22,23-14-7-3-8-15-23)24-16-9-4-10-17-24/h2-10,12-17,25H,11,18-21H2,1H3. The van der Waals surface area contributed by atoms with Crippen LogP contribution >= 0.6 is 11.8 Å². The summed E-state index contributed by atoms with van der Waals surface area (Å²) in [6.07, 6.45) is 3.93. The van der Waals surface area contributed by atoms with E-state index in [1.807, 2.05) is 0 Å². The number of rotatable bonds is 7. The van der Waals surface area contributed by atoms with Crippen molar-refractivity contribution in [3.8, 4) is 0 Å². The number of hydrogen-bond donors (Lipinski definition) is 0. The highest BCUT2D eigenvalue weighted by atomic mass is 32.2. The summed E-state index contributed by atoms with van der Waals surface area (Å²) in [4.78, 5) is 2.54. The molecule has 1 aliphatic rings. The van der Waals surface area contributed by atoms with Crippen LogP contribution in [0.5, 0.6) is 0 Å². The van der Waals surface area contributed by atoms with E-state index < -0.39 is 0 Å². The first kappa shape index (κ1) is 19.3. The van der Waals surface area contributed by atoms with Crippen LogP contribution in [0, 0.1) is 0 Å². The average Bonchev–Trinajstić information content (AvgIpc) is 3.18. The SMILES string of the molecule is CN1CCCC1CCSC(c1ccccc1)(c1ccccc1)c1ccccc1. The zero-order valence-electron chi connectivity index (χ0n) is 16.6. The molecule has 2 heteroatoms. The summed E-state index contributed by atoms with van der Waals surface area (Å²) in [5.74, 6) is 1.15. The Labute approximate surface area is 173 Å². The van der Waals surface area contributed by atoms with E-state index in [2.05, 4.69) is 115 Å². The highest BCUT2D eigenvalue weighted by molar-refractivity contribution is 8.00. The first-order valence-electron chi connectivity index (χ1n) is 10.3. The number of likely N-dealkylation sites (tertiary alicyclic amines) is 1. The molecule has 144 valence electrons. The topological polar surface area (TPSA) is 3.24 Å². The molecule has 3 aromatic carbocycles. The van der Waals surface area contributed by atoms with Crippen molar-refractivity contribution in [3.63, 3.8) is 0 Å². The van der Waals surface area contributed by atoms with Crippen LogP contribution in [0.4, 0.5) is 0 Å². The zero-order valence-corrected chi connectivity index (χ0v) is 17.4. The van der Waals surface area contributed by atoms with Gasteiger partial charge in [0.15, 0.2) is 0 Å². The summed E-state index contributed by atoms with van der Waals surface area (Å²) in [5, 5.41) is 0. The lowest BCUT2D eigenvalue weighted by Crippen LogP contribution is -2.29. The van der Waals surface area contributed by atoms with Crippen LogP contribution in [0.2, 0.25) is 0 Å². The first-order valence-corrected chi connectivity index (χ1v) is 11.3. The third kappa shape index (κ3) is 3.90. The molecule has 28 heavy (non-hydrogen) atoms. The fourth-order valence-electron chi connectivity index (χ4n) is 4.46. The Kier molecular flexibility index (Phi) is 6.19. The largest absolute Gasteiger partial charge is 0.303 e. The summed E-state index contributed by atoms with van der Waals surface area (Å²) in [7, 11) is 2.28. The van der Waals surface area contributed by atoms with Crippen LogP contribution in [-0.4, -0.2) is 30.3 Å². The van der Waals surface area contributed by atoms with Gasteiger partial charge in [-0.1, -0.05) is 91.0 Å². The van der Waals surface area contributed by atoms with Crippen molar-refractivity contribution in [2.75, 3.05) is 19.3 Å². The predicted octanol–water partition coefficient (Wildman–Crippen LogP) is 6.20. The molecule has 1 heterocycles. The molecule has 1 atom stereocenters. The maximum Gasteiger partial charge on any atom is 0.0906 e. The van der Waals surface area contributed by atoms with Gasteiger partial charge < -0.3 is 4.90 Å². The van der Waals surface area contributed by atoms with Gasteiger partial charge in [-0.3, -0.25) is 0 Å². The smallest absolute Gasteiger partial charge is 0.0906 e. The molecule has 0 aromatic heterocycles. The van der Waals surface area contributed by atoms with Crippen LogP contribution in [0.1, 0.15) is 36.0 Å². The van der Waals surface area contributed by atoms with E-state index >= 15 is 0 Å². The van der Waals surface area contributed by atoms with Crippen LogP contribution < -0.4 is 0 Å². The maximum absolute atomic E-state index is 2.54. The molecule has 1 saturated heterocycles. The van der Waals surface area contributed by atoms with E-state index in [4.69, 9.17) is 0 Å². The highest BCUT2D eigenvalue weighted by Gasteiger charge is 2.37. The number of benzene rings is 3. The fraction of sp³-hybridized carbons (Fsp3) is 0.308. The second-order valence-corrected chi connectivity index (χ2v) is 9.00. The van der Waals surface area contributed by atoms with Gasteiger partial charge in [-0.25, -0.2) is 0 Å². The van der Waals surface area contributed by atoms with Gasteiger partial charge in [0, 0.05) is 6.04 Å². The summed E-state index contributed by atoms with van der Waals surface area (Å²) < 4.78 is -0.180. The normalized spacial score (nSPS) is 17.7. The van der Waals surface area contributed by atoms with E-state index in [9.17, 15) is 0 Å². The Morgan fingerprint density at radius 2 is 1.25 bits per heavy atom. The van der Waals surface area contributed by atoms with Gasteiger partial charge in [-0.05, 0) is 55.3 Å². The monoisotopic (exact) mass is 387 g/mol. The minimum atomic E-state index is -0.180. The quantitative estimate of drug-likeness (QED) is 0.444. The summed E-state index contributed by atoms with van der Waals surface area (Å²) in [6.45, 7) is 1.25. The van der Waals surface area contributed by atoms with Gasteiger partial charge in [0.1, 0.15) is 0 Å². The van der Waals surface area contributed by atoms with Crippen molar-refractivity contribution >= 4 is 11.8 Å². The Hall–Kier alpha value is -2.03. The van der Waals surface area contributed by atoms with Crippen molar-refractivity contribution < 1.29 is 0 Å². The molecule has 1 fully saturated rings. The zero-order chi connectivity index (χ0) is 19.2. The Morgan fingerprint density at radius 3 is 1.64 bits per heavy atom. The Bertz CT molecular complexity index is 751. The molecule has 1 nitrogen and oxygen atoms in total. The second kappa shape index (κ2) is 8.98. The molecule has 3 aromatic rings. The molecular formula is C26H29NS. The Morgan fingerprint density at radius 1 is 0.786 bits per heavy atom. The summed E-state index contributed by atoms with van der Waals surface area (Å²) >= 11 is 2.09. The molecule has 0 amide bonds. The number of nitrogens with zero attached hydrogens (tertiary/aromatic N) is 1. The van der Waals surface area contributed by atoms with Crippen LogP contribution in [0.3, 0.4) is 0 Å². The molecule has 0 N–H and O–H groups in total. The highest BCUT2D eigenvalue weighted by Crippen LogP contribution is 2.48. The van der Waals surface area contributed by atoms with Crippen molar-refractivity contribution in [1.29, 1.82) is 0 Å². The van der Waals surface area contributed by atoms with Gasteiger partial charge >= 0.3 is 0 Å². The average molecular weight is 388 g/mol. The molecule has 1 aliphatic heterocycles. The second-order valence-electron chi connectivity index (χ2n) is 7.69. The third-order valence-electron chi connectivity index (χ3n) is 5.98. The molecule has 0 spiro atoms. The lowest BCUT2D eigenvalue weighted by Gasteiger charge is -2.36. The van der Waals surface area contributed by atoms with Crippen LogP contribution in [-0.2, 0) is 4.75 Å². The molecule has 4 rings (SSSR count). The van der Waals surface area contributed by atoms with E-state index in [-0.39, 0.29) is 4.75 Å². The van der Waals surface area contributed by atoms with Gasteiger partial charge in [-0.2, -0.15) is 0 Å². The first-order chi connectivity index (χ1) is 13.8. The van der Waals surface area contributed by atoms with E-state index in [1.54, 1.807) is 0 Å². The van der Waals surface area contributed by atoms with Crippen LogP contribution in [0.25, 0.3) is 0 Å². The van der Waals surface area contributed by atoms with Crippen molar-refractivity contribution in [2.45, 2.75) is 30.1 Å². The third-order valence-corrected chi connectivity index (χ3v) is 7.56. The minimum Gasteiger partial charge on any atom is -0.303 e. The summed E-state index contributed by atoms with van der Waals surface area (Å²) in [5.41, 5.74) is 4.08. The van der Waals surface area contributed by atoms with Crippen molar-refractivity contribution in [3.05, 3.63) is 108 Å². The van der Waals surface area contributed by atoms with Gasteiger partial charge in [0.2, 0.25) is 0 Å².